The lowest BCUT2D eigenvalue weighted by Gasteiger charge is -2.15. The summed E-state index contributed by atoms with van der Waals surface area (Å²) in [6.45, 7) is 1.95. The number of benzene rings is 1. The first-order valence-corrected chi connectivity index (χ1v) is 5.84. The molecule has 18 heavy (non-hydrogen) atoms. The molecule has 2 heterocycles. The summed E-state index contributed by atoms with van der Waals surface area (Å²) in [5.41, 5.74) is 1.53. The van der Waals surface area contributed by atoms with Gasteiger partial charge in [-0.15, -0.1) is 12.4 Å². The fourth-order valence-corrected chi connectivity index (χ4v) is 2.27. The number of anilines is 1. The lowest BCUT2D eigenvalue weighted by molar-refractivity contribution is 0.629. The molecule has 1 atom stereocenters. The van der Waals surface area contributed by atoms with E-state index < -0.39 is 0 Å². The average molecular weight is 268 g/mol. The monoisotopic (exact) mass is 267 g/mol. The first-order valence-electron chi connectivity index (χ1n) is 5.84. The number of fused-ring (bicyclic) bond motifs is 1. The van der Waals surface area contributed by atoms with E-state index in [1.54, 1.807) is 12.3 Å². The lowest BCUT2D eigenvalue weighted by atomic mass is 10.1. The van der Waals surface area contributed by atoms with Crippen molar-refractivity contribution in [2.24, 2.45) is 0 Å². The van der Waals surface area contributed by atoms with Crippen molar-refractivity contribution >= 4 is 29.0 Å². The molecular formula is C13H15ClFN3. The first-order chi connectivity index (χ1) is 8.33. The van der Waals surface area contributed by atoms with E-state index in [0.717, 1.165) is 30.6 Å². The maximum Gasteiger partial charge on any atom is 0.127 e. The average Bonchev–Trinajstić information content (AvgIpc) is 2.81. The van der Waals surface area contributed by atoms with Crippen molar-refractivity contribution in [2.45, 2.75) is 12.5 Å². The SMILES string of the molecule is Cl.Fc1cc(N[C@H]2CCNC2)c2cccnc2c1. The van der Waals surface area contributed by atoms with Gasteiger partial charge in [0.2, 0.25) is 0 Å². The van der Waals surface area contributed by atoms with Gasteiger partial charge in [0.05, 0.1) is 5.52 Å². The Morgan fingerprint density at radius 1 is 1.39 bits per heavy atom. The van der Waals surface area contributed by atoms with Gasteiger partial charge in [-0.2, -0.15) is 0 Å². The molecule has 1 fully saturated rings. The predicted molar refractivity (Wildman–Crippen MR) is 73.8 cm³/mol. The van der Waals surface area contributed by atoms with Gasteiger partial charge >= 0.3 is 0 Å². The van der Waals surface area contributed by atoms with Gasteiger partial charge in [-0.05, 0) is 31.2 Å². The van der Waals surface area contributed by atoms with Crippen molar-refractivity contribution in [3.8, 4) is 0 Å². The topological polar surface area (TPSA) is 37.0 Å². The van der Waals surface area contributed by atoms with E-state index in [0.29, 0.717) is 11.6 Å². The van der Waals surface area contributed by atoms with E-state index in [9.17, 15) is 4.39 Å². The maximum atomic E-state index is 13.5. The summed E-state index contributed by atoms with van der Waals surface area (Å²) in [5, 5.41) is 7.64. The molecule has 2 aromatic rings. The Bertz CT molecular complexity index is 541. The molecule has 0 aliphatic carbocycles. The van der Waals surface area contributed by atoms with Crippen LogP contribution in [-0.4, -0.2) is 24.1 Å². The van der Waals surface area contributed by atoms with Crippen LogP contribution in [0.4, 0.5) is 10.1 Å². The zero-order valence-corrected chi connectivity index (χ0v) is 10.6. The summed E-state index contributed by atoms with van der Waals surface area (Å²) in [6.07, 6.45) is 2.75. The van der Waals surface area contributed by atoms with E-state index in [-0.39, 0.29) is 18.2 Å². The van der Waals surface area contributed by atoms with Crippen LogP contribution in [0.2, 0.25) is 0 Å². The van der Waals surface area contributed by atoms with E-state index in [1.807, 2.05) is 12.1 Å². The fourth-order valence-electron chi connectivity index (χ4n) is 2.27. The molecule has 0 saturated carbocycles. The van der Waals surface area contributed by atoms with Crippen molar-refractivity contribution in [1.82, 2.24) is 10.3 Å². The van der Waals surface area contributed by atoms with Crippen LogP contribution in [-0.2, 0) is 0 Å². The Balaban J connectivity index is 0.00000120. The molecule has 0 unspecified atom stereocenters. The third-order valence-electron chi connectivity index (χ3n) is 3.11. The van der Waals surface area contributed by atoms with Crippen molar-refractivity contribution < 1.29 is 4.39 Å². The number of hydrogen-bond acceptors (Lipinski definition) is 3. The molecule has 5 heteroatoms. The van der Waals surface area contributed by atoms with Gasteiger partial charge in [0.1, 0.15) is 5.82 Å². The van der Waals surface area contributed by atoms with Crippen LogP contribution in [0.1, 0.15) is 6.42 Å². The minimum absolute atomic E-state index is 0. The van der Waals surface area contributed by atoms with Crippen LogP contribution in [0.5, 0.6) is 0 Å². The molecule has 1 saturated heterocycles. The smallest absolute Gasteiger partial charge is 0.127 e. The molecule has 3 rings (SSSR count). The normalized spacial score (nSPS) is 18.6. The maximum absolute atomic E-state index is 13.5. The molecule has 2 N–H and O–H groups in total. The summed E-state index contributed by atoms with van der Waals surface area (Å²) in [5.74, 6) is -0.246. The molecule has 1 aliphatic heterocycles. The Hall–Kier alpha value is -1.39. The molecule has 1 aromatic heterocycles. The van der Waals surface area contributed by atoms with Crippen LogP contribution in [0.25, 0.3) is 10.9 Å². The van der Waals surface area contributed by atoms with E-state index in [2.05, 4.69) is 15.6 Å². The zero-order chi connectivity index (χ0) is 11.7. The fraction of sp³-hybridized carbons (Fsp3) is 0.308. The second kappa shape index (κ2) is 5.50. The van der Waals surface area contributed by atoms with Gasteiger partial charge in [-0.25, -0.2) is 4.39 Å². The summed E-state index contributed by atoms with van der Waals surface area (Å²) in [7, 11) is 0. The highest BCUT2D eigenvalue weighted by Crippen LogP contribution is 2.24. The minimum Gasteiger partial charge on any atom is -0.380 e. The van der Waals surface area contributed by atoms with Gasteiger partial charge in [0.25, 0.3) is 0 Å². The van der Waals surface area contributed by atoms with Gasteiger partial charge in [0.15, 0.2) is 0 Å². The highest BCUT2D eigenvalue weighted by molar-refractivity contribution is 5.91. The van der Waals surface area contributed by atoms with Gasteiger partial charge in [-0.3, -0.25) is 4.98 Å². The molecule has 0 bridgehead atoms. The van der Waals surface area contributed by atoms with Crippen molar-refractivity contribution in [3.05, 3.63) is 36.3 Å². The second-order valence-corrected chi connectivity index (χ2v) is 4.36. The lowest BCUT2D eigenvalue weighted by Crippen LogP contribution is -2.22. The molecule has 3 nitrogen and oxygen atoms in total. The molecule has 1 aliphatic rings. The zero-order valence-electron chi connectivity index (χ0n) is 9.82. The van der Waals surface area contributed by atoms with Crippen LogP contribution < -0.4 is 10.6 Å². The van der Waals surface area contributed by atoms with Gasteiger partial charge in [0, 0.05) is 35.9 Å². The molecule has 96 valence electrons. The van der Waals surface area contributed by atoms with Crippen LogP contribution in [0.15, 0.2) is 30.5 Å². The van der Waals surface area contributed by atoms with Crippen LogP contribution >= 0.6 is 12.4 Å². The number of aromatic nitrogens is 1. The Labute approximate surface area is 111 Å². The Morgan fingerprint density at radius 2 is 2.28 bits per heavy atom. The third kappa shape index (κ3) is 2.54. The number of rotatable bonds is 2. The predicted octanol–water partition coefficient (Wildman–Crippen LogP) is 2.57. The highest BCUT2D eigenvalue weighted by Gasteiger charge is 2.15. The summed E-state index contributed by atoms with van der Waals surface area (Å²) in [6, 6.07) is 7.22. The standard InChI is InChI=1S/C13H14FN3.ClH/c14-9-6-12-11(2-1-4-16-12)13(7-9)17-10-3-5-15-8-10;/h1-2,4,6-7,10,15,17H,3,5,8H2;1H/t10-;/m0./s1. The number of hydrogen-bond donors (Lipinski definition) is 2. The number of halogens is 2. The van der Waals surface area contributed by atoms with Crippen LogP contribution in [0, 0.1) is 5.82 Å². The number of pyridine rings is 1. The third-order valence-corrected chi connectivity index (χ3v) is 3.11. The number of nitrogens with one attached hydrogen (secondary N) is 2. The van der Waals surface area contributed by atoms with E-state index >= 15 is 0 Å². The summed E-state index contributed by atoms with van der Waals surface area (Å²) >= 11 is 0. The number of nitrogens with zero attached hydrogens (tertiary/aromatic N) is 1. The van der Waals surface area contributed by atoms with Crippen molar-refractivity contribution in [2.75, 3.05) is 18.4 Å². The second-order valence-electron chi connectivity index (χ2n) is 4.36. The Kier molecular flexibility index (Phi) is 3.99. The van der Waals surface area contributed by atoms with Gasteiger partial charge < -0.3 is 10.6 Å². The highest BCUT2D eigenvalue weighted by atomic mass is 35.5. The largest absolute Gasteiger partial charge is 0.380 e. The van der Waals surface area contributed by atoms with Crippen molar-refractivity contribution in [3.63, 3.8) is 0 Å². The summed E-state index contributed by atoms with van der Waals surface area (Å²) < 4.78 is 13.5. The van der Waals surface area contributed by atoms with Crippen LogP contribution in [0.3, 0.4) is 0 Å². The Morgan fingerprint density at radius 3 is 3.06 bits per heavy atom. The quantitative estimate of drug-likeness (QED) is 0.878. The van der Waals surface area contributed by atoms with Crippen molar-refractivity contribution in [1.29, 1.82) is 0 Å². The van der Waals surface area contributed by atoms with Gasteiger partial charge in [-0.1, -0.05) is 0 Å². The molecule has 0 radical (unpaired) electrons. The molecular weight excluding hydrogens is 253 g/mol. The minimum atomic E-state index is -0.246. The first kappa shape index (κ1) is 13.1. The summed E-state index contributed by atoms with van der Waals surface area (Å²) in [4.78, 5) is 4.18. The molecule has 0 spiro atoms. The van der Waals surface area contributed by atoms with E-state index in [1.165, 1.54) is 6.07 Å². The molecule has 1 aromatic carbocycles. The molecule has 0 amide bonds. The van der Waals surface area contributed by atoms with E-state index in [4.69, 9.17) is 0 Å².